The first-order valence-corrected chi connectivity index (χ1v) is 11.3. The SMILES string of the molecule is Cc1ccccc1-c1cc(NC(=O)C(C)OCC2CCCCO2)n(Cc2ccccc2)n1. The number of ether oxygens (including phenoxy) is 2. The zero-order chi connectivity index (χ0) is 22.3. The van der Waals surface area contributed by atoms with E-state index in [2.05, 4.69) is 30.4 Å². The van der Waals surface area contributed by atoms with Crippen LogP contribution in [0.1, 0.15) is 37.3 Å². The lowest BCUT2D eigenvalue weighted by Crippen LogP contribution is -2.33. The van der Waals surface area contributed by atoms with E-state index in [4.69, 9.17) is 14.6 Å². The van der Waals surface area contributed by atoms with Gasteiger partial charge < -0.3 is 14.8 Å². The van der Waals surface area contributed by atoms with Crippen LogP contribution >= 0.6 is 0 Å². The predicted octanol–water partition coefficient (Wildman–Crippen LogP) is 4.82. The average molecular weight is 434 g/mol. The maximum atomic E-state index is 12.9. The molecule has 0 bridgehead atoms. The van der Waals surface area contributed by atoms with Crippen LogP contribution in [0.15, 0.2) is 60.7 Å². The molecule has 1 aliphatic rings. The van der Waals surface area contributed by atoms with Gasteiger partial charge in [-0.1, -0.05) is 54.6 Å². The molecule has 0 spiro atoms. The summed E-state index contributed by atoms with van der Waals surface area (Å²) in [6, 6.07) is 20.2. The Bertz CT molecular complexity index is 1030. The molecule has 1 amide bonds. The third kappa shape index (κ3) is 5.64. The zero-order valence-corrected chi connectivity index (χ0v) is 18.8. The molecule has 0 radical (unpaired) electrons. The molecule has 2 atom stereocenters. The number of aromatic nitrogens is 2. The number of hydrogen-bond acceptors (Lipinski definition) is 4. The van der Waals surface area contributed by atoms with E-state index >= 15 is 0 Å². The molecule has 0 aliphatic carbocycles. The minimum absolute atomic E-state index is 0.0790. The van der Waals surface area contributed by atoms with Gasteiger partial charge in [0.2, 0.25) is 0 Å². The predicted molar refractivity (Wildman–Crippen MR) is 126 cm³/mol. The van der Waals surface area contributed by atoms with Crippen molar-refractivity contribution >= 4 is 11.7 Å². The summed E-state index contributed by atoms with van der Waals surface area (Å²) in [5.74, 6) is 0.466. The highest BCUT2D eigenvalue weighted by Gasteiger charge is 2.21. The maximum Gasteiger partial charge on any atom is 0.254 e. The molecule has 3 aromatic rings. The van der Waals surface area contributed by atoms with Gasteiger partial charge in [0.25, 0.3) is 5.91 Å². The maximum absolute atomic E-state index is 12.9. The monoisotopic (exact) mass is 433 g/mol. The fraction of sp³-hybridized carbons (Fsp3) is 0.385. The van der Waals surface area contributed by atoms with Gasteiger partial charge in [0.15, 0.2) is 0 Å². The minimum atomic E-state index is -0.581. The van der Waals surface area contributed by atoms with E-state index in [0.29, 0.717) is 19.0 Å². The van der Waals surface area contributed by atoms with Crippen molar-refractivity contribution < 1.29 is 14.3 Å². The number of anilines is 1. The quantitative estimate of drug-likeness (QED) is 0.553. The van der Waals surface area contributed by atoms with Crippen LogP contribution in [0.5, 0.6) is 0 Å². The molecule has 6 nitrogen and oxygen atoms in total. The Balaban J connectivity index is 1.50. The number of hydrogen-bond donors (Lipinski definition) is 1. The van der Waals surface area contributed by atoms with Crippen LogP contribution < -0.4 is 5.32 Å². The number of benzene rings is 2. The first-order valence-electron chi connectivity index (χ1n) is 11.3. The highest BCUT2D eigenvalue weighted by atomic mass is 16.5. The Labute approximate surface area is 189 Å². The van der Waals surface area contributed by atoms with Gasteiger partial charge >= 0.3 is 0 Å². The van der Waals surface area contributed by atoms with Crippen LogP contribution in [0, 0.1) is 6.92 Å². The van der Waals surface area contributed by atoms with Crippen LogP contribution in [0.4, 0.5) is 5.82 Å². The van der Waals surface area contributed by atoms with Crippen LogP contribution in [-0.4, -0.2) is 41.1 Å². The lowest BCUT2D eigenvalue weighted by atomic mass is 10.1. The van der Waals surface area contributed by atoms with Gasteiger partial charge in [-0.15, -0.1) is 0 Å². The first-order chi connectivity index (χ1) is 15.6. The summed E-state index contributed by atoms with van der Waals surface area (Å²) < 4.78 is 13.4. The van der Waals surface area contributed by atoms with Crippen molar-refractivity contribution in [3.63, 3.8) is 0 Å². The Morgan fingerprint density at radius 2 is 1.97 bits per heavy atom. The summed E-state index contributed by atoms with van der Waals surface area (Å²) in [6.07, 6.45) is 2.73. The van der Waals surface area contributed by atoms with Crippen molar-refractivity contribution in [3.05, 3.63) is 71.8 Å². The molecular formula is C26H31N3O3. The van der Waals surface area contributed by atoms with E-state index in [1.807, 2.05) is 47.1 Å². The Morgan fingerprint density at radius 1 is 1.19 bits per heavy atom. The molecule has 1 aliphatic heterocycles. The van der Waals surface area contributed by atoms with Gasteiger partial charge in [-0.3, -0.25) is 4.79 Å². The highest BCUT2D eigenvalue weighted by Crippen LogP contribution is 2.26. The molecule has 0 saturated carbocycles. The number of aryl methyl sites for hydroxylation is 1. The number of carbonyl (C=O) groups excluding carboxylic acids is 1. The fourth-order valence-corrected chi connectivity index (χ4v) is 3.88. The zero-order valence-electron chi connectivity index (χ0n) is 18.8. The summed E-state index contributed by atoms with van der Waals surface area (Å²) in [6.45, 7) is 5.61. The summed E-state index contributed by atoms with van der Waals surface area (Å²) in [5, 5.41) is 7.83. The molecule has 1 fully saturated rings. The van der Waals surface area contributed by atoms with E-state index < -0.39 is 6.10 Å². The van der Waals surface area contributed by atoms with E-state index in [0.717, 1.165) is 48.3 Å². The lowest BCUT2D eigenvalue weighted by Gasteiger charge is -2.23. The molecule has 168 valence electrons. The molecule has 4 rings (SSSR count). The number of rotatable bonds is 8. The standard InChI is InChI=1S/C26H31N3O3/c1-19-10-6-7-14-23(19)24-16-25(29(28-24)17-21-11-4-3-5-12-21)27-26(30)20(2)32-18-22-13-8-9-15-31-22/h3-7,10-12,14,16,20,22H,8-9,13,15,17-18H2,1-2H3,(H,27,30). The summed E-state index contributed by atoms with van der Waals surface area (Å²) in [4.78, 5) is 12.9. The molecule has 1 aromatic heterocycles. The largest absolute Gasteiger partial charge is 0.376 e. The normalized spacial score (nSPS) is 17.1. The number of amides is 1. The second kappa shape index (κ2) is 10.6. The third-order valence-corrected chi connectivity index (χ3v) is 5.80. The van der Waals surface area contributed by atoms with Crippen molar-refractivity contribution in [2.75, 3.05) is 18.5 Å². The Hall–Kier alpha value is -2.96. The van der Waals surface area contributed by atoms with Crippen molar-refractivity contribution in [2.45, 2.75) is 51.9 Å². The summed E-state index contributed by atoms with van der Waals surface area (Å²) in [5.41, 5.74) is 4.13. The molecule has 2 aromatic carbocycles. The van der Waals surface area contributed by atoms with Gasteiger partial charge in [0, 0.05) is 18.2 Å². The topological polar surface area (TPSA) is 65.4 Å². The lowest BCUT2D eigenvalue weighted by molar-refractivity contribution is -0.130. The van der Waals surface area contributed by atoms with Crippen molar-refractivity contribution in [1.82, 2.24) is 9.78 Å². The number of nitrogens with one attached hydrogen (secondary N) is 1. The van der Waals surface area contributed by atoms with E-state index in [1.165, 1.54) is 0 Å². The molecule has 1 N–H and O–H groups in total. The van der Waals surface area contributed by atoms with Crippen molar-refractivity contribution in [2.24, 2.45) is 0 Å². The smallest absolute Gasteiger partial charge is 0.254 e. The Morgan fingerprint density at radius 3 is 2.72 bits per heavy atom. The summed E-state index contributed by atoms with van der Waals surface area (Å²) in [7, 11) is 0. The fourth-order valence-electron chi connectivity index (χ4n) is 3.88. The molecule has 2 heterocycles. The third-order valence-electron chi connectivity index (χ3n) is 5.80. The highest BCUT2D eigenvalue weighted by molar-refractivity contribution is 5.93. The van der Waals surface area contributed by atoms with Crippen LogP contribution in [0.25, 0.3) is 11.3 Å². The molecule has 2 unspecified atom stereocenters. The first kappa shape index (κ1) is 22.2. The van der Waals surface area contributed by atoms with Crippen LogP contribution in [-0.2, 0) is 20.8 Å². The molecular weight excluding hydrogens is 402 g/mol. The van der Waals surface area contributed by atoms with Gasteiger partial charge in [0.05, 0.1) is 24.9 Å². The second-order valence-corrected chi connectivity index (χ2v) is 8.33. The number of carbonyl (C=O) groups is 1. The van der Waals surface area contributed by atoms with Gasteiger partial charge in [-0.05, 0) is 44.2 Å². The van der Waals surface area contributed by atoms with Crippen LogP contribution in [0.3, 0.4) is 0 Å². The van der Waals surface area contributed by atoms with E-state index in [1.54, 1.807) is 6.92 Å². The van der Waals surface area contributed by atoms with Crippen molar-refractivity contribution in [1.29, 1.82) is 0 Å². The molecule has 6 heteroatoms. The average Bonchev–Trinajstić information content (AvgIpc) is 3.20. The van der Waals surface area contributed by atoms with Crippen LogP contribution in [0.2, 0.25) is 0 Å². The number of nitrogens with zero attached hydrogens (tertiary/aromatic N) is 2. The Kier molecular flexibility index (Phi) is 7.35. The molecule has 1 saturated heterocycles. The van der Waals surface area contributed by atoms with Crippen molar-refractivity contribution in [3.8, 4) is 11.3 Å². The van der Waals surface area contributed by atoms with E-state index in [9.17, 15) is 4.79 Å². The van der Waals surface area contributed by atoms with Gasteiger partial charge in [-0.2, -0.15) is 5.10 Å². The van der Waals surface area contributed by atoms with E-state index in [-0.39, 0.29) is 12.0 Å². The minimum Gasteiger partial charge on any atom is -0.376 e. The van der Waals surface area contributed by atoms with Gasteiger partial charge in [-0.25, -0.2) is 4.68 Å². The van der Waals surface area contributed by atoms with Gasteiger partial charge in [0.1, 0.15) is 11.9 Å². The summed E-state index contributed by atoms with van der Waals surface area (Å²) >= 11 is 0. The second-order valence-electron chi connectivity index (χ2n) is 8.33. The molecule has 32 heavy (non-hydrogen) atoms.